The molecule has 0 radical (unpaired) electrons. The second-order valence-corrected chi connectivity index (χ2v) is 12.9. The number of carbonyl (C=O) groups excluding carboxylic acids is 1. The highest BCUT2D eigenvalue weighted by Crippen LogP contribution is 2.38. The van der Waals surface area contributed by atoms with Crippen LogP contribution in [0.5, 0.6) is 0 Å². The van der Waals surface area contributed by atoms with Crippen molar-refractivity contribution in [2.45, 2.75) is 100 Å². The van der Waals surface area contributed by atoms with E-state index in [1.54, 1.807) is 6.92 Å². The predicted molar refractivity (Wildman–Crippen MR) is 185 cm³/mol. The van der Waals surface area contributed by atoms with Gasteiger partial charge in [-0.2, -0.15) is 0 Å². The van der Waals surface area contributed by atoms with Gasteiger partial charge in [0, 0.05) is 28.6 Å². The van der Waals surface area contributed by atoms with Crippen LogP contribution in [0.4, 0.5) is 0 Å². The molecule has 3 heteroatoms. The van der Waals surface area contributed by atoms with Crippen LogP contribution in [0.25, 0.3) is 16.7 Å². The summed E-state index contributed by atoms with van der Waals surface area (Å²) in [5, 5.41) is 0. The van der Waals surface area contributed by atoms with Crippen molar-refractivity contribution in [1.82, 2.24) is 4.90 Å². The Balaban J connectivity index is 0.000000353. The smallest absolute Gasteiger partial charge is 0.159 e. The second kappa shape index (κ2) is 16.1. The molecule has 1 unspecified atom stereocenters. The number of nitrogens with zero attached hydrogens (tertiary/aromatic N) is 1. The molecule has 0 aromatic heterocycles. The molecule has 0 aliphatic carbocycles. The highest BCUT2D eigenvalue weighted by atomic mass is 16.5. The number of benzene rings is 2. The van der Waals surface area contributed by atoms with Crippen LogP contribution in [0, 0.1) is 25.2 Å². The number of carbonyl (C=O) groups is 1. The van der Waals surface area contributed by atoms with E-state index in [1.807, 2.05) is 18.4 Å². The highest BCUT2D eigenvalue weighted by molar-refractivity contribution is 5.97. The van der Waals surface area contributed by atoms with Gasteiger partial charge in [-0.1, -0.05) is 115 Å². The number of hydrogen-bond donors (Lipinski definition) is 0. The summed E-state index contributed by atoms with van der Waals surface area (Å²) in [6, 6.07) is 15.4. The van der Waals surface area contributed by atoms with Gasteiger partial charge in [0.25, 0.3) is 0 Å². The minimum atomic E-state index is 0.0630. The molecule has 2 aliphatic rings. The molecule has 0 bridgehead atoms. The molecule has 43 heavy (non-hydrogen) atoms. The van der Waals surface area contributed by atoms with Crippen molar-refractivity contribution in [2.75, 3.05) is 13.2 Å². The zero-order chi connectivity index (χ0) is 31.6. The fourth-order valence-electron chi connectivity index (χ4n) is 6.02. The van der Waals surface area contributed by atoms with Gasteiger partial charge in [0.15, 0.2) is 5.78 Å². The first-order valence-corrected chi connectivity index (χ1v) is 16.4. The lowest BCUT2D eigenvalue weighted by Gasteiger charge is -2.38. The van der Waals surface area contributed by atoms with E-state index < -0.39 is 0 Å². The molecule has 0 N–H and O–H groups in total. The average molecular weight is 582 g/mol. The molecular formula is C40H55NO2. The molecule has 2 heterocycles. The topological polar surface area (TPSA) is 29.5 Å². The minimum Gasteiger partial charge on any atom is -0.380 e. The van der Waals surface area contributed by atoms with E-state index in [2.05, 4.69) is 102 Å². The van der Waals surface area contributed by atoms with Crippen LogP contribution < -0.4 is 0 Å². The van der Waals surface area contributed by atoms with E-state index in [0.29, 0.717) is 11.0 Å². The lowest BCUT2D eigenvalue weighted by Crippen LogP contribution is -2.39. The summed E-state index contributed by atoms with van der Waals surface area (Å²) in [7, 11) is 0. The molecule has 1 fully saturated rings. The largest absolute Gasteiger partial charge is 0.380 e. The molecular weight excluding hydrogens is 526 g/mol. The quantitative estimate of drug-likeness (QED) is 0.250. The van der Waals surface area contributed by atoms with Crippen molar-refractivity contribution in [1.29, 1.82) is 0 Å². The standard InChI is InChI=1S/C29H33NO.C11H22O/c1-7-11-28(29(8-2)30-17-16-24(23(6)31)19-22(30)5)27-13-10-9-12-26(27)25-15-14-20(3)18-21(25)4;1-4-10(2)6-5-7-11(3)8-12-9-11/h9-10,12-19H,5,7-8,11H2,1-4,6H3;10H,4-9H2,1-3H3/b29-28+;. The van der Waals surface area contributed by atoms with Crippen LogP contribution in [-0.4, -0.2) is 23.9 Å². The molecule has 2 aromatic rings. The summed E-state index contributed by atoms with van der Waals surface area (Å²) in [6.45, 7) is 23.5. The molecule has 0 spiro atoms. The van der Waals surface area contributed by atoms with Crippen LogP contribution in [0.15, 0.2) is 84.4 Å². The Hall–Kier alpha value is -3.17. The first-order chi connectivity index (χ1) is 20.5. The van der Waals surface area contributed by atoms with E-state index in [-0.39, 0.29) is 5.78 Å². The SMILES string of the molecule is C=C1C=C(C(C)=O)C=CN1/C(CC)=C(\CCC)c1ccccc1-c1ccc(C)cc1C.CCC(C)CCCC1(C)COC1. The van der Waals surface area contributed by atoms with Crippen molar-refractivity contribution in [3.8, 4) is 11.1 Å². The molecule has 2 aliphatic heterocycles. The fraction of sp³-hybridized carbons (Fsp3) is 0.475. The lowest BCUT2D eigenvalue weighted by atomic mass is 9.82. The molecule has 4 rings (SSSR count). The van der Waals surface area contributed by atoms with Gasteiger partial charge in [0.05, 0.1) is 13.2 Å². The summed E-state index contributed by atoms with van der Waals surface area (Å²) in [5.74, 6) is 0.975. The maximum atomic E-state index is 11.8. The van der Waals surface area contributed by atoms with E-state index in [1.165, 1.54) is 64.8 Å². The van der Waals surface area contributed by atoms with Crippen molar-refractivity contribution >= 4 is 11.4 Å². The predicted octanol–water partition coefficient (Wildman–Crippen LogP) is 11.0. The lowest BCUT2D eigenvalue weighted by molar-refractivity contribution is -0.113. The number of rotatable bonds is 12. The Bertz CT molecular complexity index is 1350. The van der Waals surface area contributed by atoms with Gasteiger partial charge < -0.3 is 9.64 Å². The monoisotopic (exact) mass is 581 g/mol. The second-order valence-electron chi connectivity index (χ2n) is 12.9. The minimum absolute atomic E-state index is 0.0630. The van der Waals surface area contributed by atoms with Crippen LogP contribution in [-0.2, 0) is 9.53 Å². The molecule has 1 saturated heterocycles. The molecule has 1 atom stereocenters. The first kappa shape index (κ1) is 34.3. The van der Waals surface area contributed by atoms with Crippen LogP contribution >= 0.6 is 0 Å². The highest BCUT2D eigenvalue weighted by Gasteiger charge is 2.32. The maximum Gasteiger partial charge on any atom is 0.159 e. The summed E-state index contributed by atoms with van der Waals surface area (Å²) in [6.07, 6.45) is 14.1. The van der Waals surface area contributed by atoms with E-state index in [0.717, 1.165) is 44.1 Å². The fourth-order valence-corrected chi connectivity index (χ4v) is 6.02. The normalized spacial score (nSPS) is 16.9. The van der Waals surface area contributed by atoms with Gasteiger partial charge in [0.1, 0.15) is 0 Å². The zero-order valence-electron chi connectivity index (χ0n) is 28.2. The van der Waals surface area contributed by atoms with Crippen LogP contribution in [0.1, 0.15) is 103 Å². The Morgan fingerprint density at radius 1 is 1.07 bits per heavy atom. The van der Waals surface area contributed by atoms with Gasteiger partial charge >= 0.3 is 0 Å². The van der Waals surface area contributed by atoms with Crippen molar-refractivity contribution < 1.29 is 9.53 Å². The summed E-state index contributed by atoms with van der Waals surface area (Å²) in [4.78, 5) is 14.0. The van der Waals surface area contributed by atoms with E-state index in [4.69, 9.17) is 4.74 Å². The van der Waals surface area contributed by atoms with Gasteiger partial charge in [-0.15, -0.1) is 0 Å². The average Bonchev–Trinajstić information content (AvgIpc) is 2.97. The zero-order valence-corrected chi connectivity index (χ0v) is 28.2. The Kier molecular flexibility index (Phi) is 12.8. The third-order valence-electron chi connectivity index (χ3n) is 8.91. The van der Waals surface area contributed by atoms with Crippen molar-refractivity contribution in [3.63, 3.8) is 0 Å². The molecule has 3 nitrogen and oxygen atoms in total. The third-order valence-corrected chi connectivity index (χ3v) is 8.91. The number of allylic oxidation sites excluding steroid dienone is 5. The Morgan fingerprint density at radius 2 is 1.79 bits per heavy atom. The summed E-state index contributed by atoms with van der Waals surface area (Å²) >= 11 is 0. The Labute approximate surface area is 262 Å². The van der Waals surface area contributed by atoms with E-state index in [9.17, 15) is 4.79 Å². The van der Waals surface area contributed by atoms with Crippen molar-refractivity contribution in [2.24, 2.45) is 11.3 Å². The maximum absolute atomic E-state index is 11.8. The number of aryl methyl sites for hydroxylation is 2. The first-order valence-electron chi connectivity index (χ1n) is 16.4. The van der Waals surface area contributed by atoms with Gasteiger partial charge in [-0.3, -0.25) is 4.79 Å². The van der Waals surface area contributed by atoms with Crippen LogP contribution in [0.2, 0.25) is 0 Å². The van der Waals surface area contributed by atoms with Gasteiger partial charge in [-0.05, 0) is 85.9 Å². The van der Waals surface area contributed by atoms with Gasteiger partial charge in [-0.25, -0.2) is 0 Å². The number of ether oxygens (including phenoxy) is 1. The number of Topliss-reactive ketones (excluding diaryl/α,β-unsaturated/α-hetero) is 1. The summed E-state index contributed by atoms with van der Waals surface area (Å²) < 4.78 is 5.22. The Morgan fingerprint density at radius 3 is 2.35 bits per heavy atom. The number of hydrogen-bond acceptors (Lipinski definition) is 3. The number of ketones is 1. The van der Waals surface area contributed by atoms with Gasteiger partial charge in [0.2, 0.25) is 0 Å². The molecule has 0 saturated carbocycles. The van der Waals surface area contributed by atoms with Crippen LogP contribution in [0.3, 0.4) is 0 Å². The van der Waals surface area contributed by atoms with Crippen molar-refractivity contribution in [3.05, 3.63) is 101 Å². The molecule has 0 amide bonds. The molecule has 2 aromatic carbocycles. The third kappa shape index (κ3) is 9.16. The molecule has 232 valence electrons. The summed E-state index contributed by atoms with van der Waals surface area (Å²) in [5.41, 5.74) is 11.0. The van der Waals surface area contributed by atoms with E-state index >= 15 is 0 Å².